The summed E-state index contributed by atoms with van der Waals surface area (Å²) in [7, 11) is 0. The lowest BCUT2D eigenvalue weighted by Crippen LogP contribution is -2.48. The number of unbranched alkanes of at least 4 members (excludes halogenated alkanes) is 2. The zero-order valence-electron chi connectivity index (χ0n) is 15.9. The van der Waals surface area contributed by atoms with Gasteiger partial charge in [-0.2, -0.15) is 0 Å². The van der Waals surface area contributed by atoms with Crippen molar-refractivity contribution in [3.63, 3.8) is 0 Å². The molecule has 0 radical (unpaired) electrons. The van der Waals surface area contributed by atoms with E-state index in [2.05, 4.69) is 27.7 Å². The zero-order chi connectivity index (χ0) is 17.0. The maximum absolute atomic E-state index is 10.8. The normalized spacial score (nSPS) is 42.1. The van der Waals surface area contributed by atoms with E-state index >= 15 is 0 Å². The minimum absolute atomic E-state index is 0.118. The van der Waals surface area contributed by atoms with Crippen molar-refractivity contribution in [1.29, 1.82) is 0 Å². The third-order valence-electron chi connectivity index (χ3n) is 6.82. The summed E-state index contributed by atoms with van der Waals surface area (Å²) in [5.74, 6) is 3.25. The van der Waals surface area contributed by atoms with Gasteiger partial charge >= 0.3 is 0 Å². The van der Waals surface area contributed by atoms with Gasteiger partial charge < -0.3 is 10.2 Å². The topological polar surface area (TPSA) is 40.5 Å². The molecule has 0 aromatic heterocycles. The largest absolute Gasteiger partial charge is 0.393 e. The molecule has 2 rings (SSSR count). The molecule has 0 heterocycles. The highest BCUT2D eigenvalue weighted by Crippen LogP contribution is 2.47. The van der Waals surface area contributed by atoms with Crippen LogP contribution in [0.1, 0.15) is 85.5 Å². The third-order valence-corrected chi connectivity index (χ3v) is 6.82. The summed E-state index contributed by atoms with van der Waals surface area (Å²) in [6, 6.07) is 0. The second-order valence-corrected chi connectivity index (χ2v) is 9.04. The molecular weight excluding hydrogens is 284 g/mol. The molecule has 0 spiro atoms. The van der Waals surface area contributed by atoms with Gasteiger partial charge in [-0.1, -0.05) is 59.8 Å². The van der Waals surface area contributed by atoms with Crippen LogP contribution in [0.2, 0.25) is 0 Å². The van der Waals surface area contributed by atoms with Crippen LogP contribution in [0.25, 0.3) is 0 Å². The fourth-order valence-electron chi connectivity index (χ4n) is 5.56. The number of aliphatic hydroxyl groups is 2. The second kappa shape index (κ2) is 8.85. The van der Waals surface area contributed by atoms with Gasteiger partial charge in [0.05, 0.1) is 12.2 Å². The number of rotatable bonds is 6. The van der Waals surface area contributed by atoms with Crippen LogP contribution in [-0.4, -0.2) is 22.4 Å². The monoisotopic (exact) mass is 324 g/mol. The Bertz CT molecular complexity index is 329. The van der Waals surface area contributed by atoms with Crippen LogP contribution in [0.4, 0.5) is 0 Å². The molecule has 0 aromatic rings. The maximum atomic E-state index is 10.8. The molecule has 0 aromatic carbocycles. The SMILES string of the molecule is CCCCCC1CC(O)C([C@@H]2CC(C)CC[C@H]2C(C)C)C(O)C1. The molecule has 0 aliphatic heterocycles. The minimum Gasteiger partial charge on any atom is -0.393 e. The summed E-state index contributed by atoms with van der Waals surface area (Å²) in [5, 5.41) is 21.7. The molecular formula is C21H40O2. The first-order valence-corrected chi connectivity index (χ1v) is 10.3. The highest BCUT2D eigenvalue weighted by Gasteiger charge is 2.45. The molecule has 3 unspecified atom stereocenters. The lowest BCUT2D eigenvalue weighted by Gasteiger charge is -2.48. The van der Waals surface area contributed by atoms with Gasteiger partial charge in [-0.05, 0) is 55.3 Å². The van der Waals surface area contributed by atoms with Crippen LogP contribution in [-0.2, 0) is 0 Å². The Morgan fingerprint density at radius 2 is 1.61 bits per heavy atom. The Balaban J connectivity index is 2.00. The highest BCUT2D eigenvalue weighted by atomic mass is 16.3. The Labute approximate surface area is 144 Å². The van der Waals surface area contributed by atoms with Gasteiger partial charge in [-0.3, -0.25) is 0 Å². The summed E-state index contributed by atoms with van der Waals surface area (Å²) < 4.78 is 0. The molecule has 2 nitrogen and oxygen atoms in total. The van der Waals surface area contributed by atoms with Crippen LogP contribution < -0.4 is 0 Å². The van der Waals surface area contributed by atoms with E-state index in [1.807, 2.05) is 0 Å². The van der Waals surface area contributed by atoms with Gasteiger partial charge in [0.1, 0.15) is 0 Å². The Hall–Kier alpha value is -0.0800. The molecule has 0 saturated heterocycles. The molecule has 2 heteroatoms. The molecule has 23 heavy (non-hydrogen) atoms. The Kier molecular flexibility index (Phi) is 7.41. The summed E-state index contributed by atoms with van der Waals surface area (Å²) in [6.07, 6.45) is 10.0. The van der Waals surface area contributed by atoms with E-state index in [1.54, 1.807) is 0 Å². The van der Waals surface area contributed by atoms with Crippen molar-refractivity contribution >= 4 is 0 Å². The van der Waals surface area contributed by atoms with Crippen molar-refractivity contribution in [2.24, 2.45) is 35.5 Å². The van der Waals surface area contributed by atoms with Crippen molar-refractivity contribution < 1.29 is 10.2 Å². The van der Waals surface area contributed by atoms with E-state index in [-0.39, 0.29) is 18.1 Å². The zero-order valence-corrected chi connectivity index (χ0v) is 15.9. The first-order chi connectivity index (χ1) is 10.9. The Morgan fingerprint density at radius 1 is 0.957 bits per heavy atom. The van der Waals surface area contributed by atoms with Crippen LogP contribution in [0.5, 0.6) is 0 Å². The lowest BCUT2D eigenvalue weighted by molar-refractivity contribution is -0.0980. The van der Waals surface area contributed by atoms with Crippen molar-refractivity contribution in [2.75, 3.05) is 0 Å². The van der Waals surface area contributed by atoms with Gasteiger partial charge in [-0.25, -0.2) is 0 Å². The van der Waals surface area contributed by atoms with Gasteiger partial charge in [0, 0.05) is 5.92 Å². The van der Waals surface area contributed by atoms with Crippen molar-refractivity contribution in [1.82, 2.24) is 0 Å². The number of hydrogen-bond donors (Lipinski definition) is 2. The van der Waals surface area contributed by atoms with E-state index in [1.165, 1.54) is 44.9 Å². The number of hydrogen-bond acceptors (Lipinski definition) is 2. The van der Waals surface area contributed by atoms with Crippen molar-refractivity contribution in [3.05, 3.63) is 0 Å². The predicted octanol–water partition coefficient (Wildman–Crippen LogP) is 5.02. The second-order valence-electron chi connectivity index (χ2n) is 9.04. The first-order valence-electron chi connectivity index (χ1n) is 10.3. The molecule has 5 atom stereocenters. The first kappa shape index (κ1) is 19.2. The third kappa shape index (κ3) is 4.95. The molecule has 2 fully saturated rings. The standard InChI is InChI=1S/C21H40O2/c1-5-6-7-8-16-12-19(22)21(20(23)13-16)18-11-15(4)9-10-17(18)14(2)3/h14-23H,5-13H2,1-4H3/t15?,16?,17-,18+,19?,20?,21?/m0/s1. The van der Waals surface area contributed by atoms with E-state index in [0.717, 1.165) is 18.8 Å². The molecule has 2 saturated carbocycles. The van der Waals surface area contributed by atoms with Gasteiger partial charge in [0.2, 0.25) is 0 Å². The van der Waals surface area contributed by atoms with Crippen LogP contribution in [0.3, 0.4) is 0 Å². The molecule has 2 aliphatic rings. The summed E-state index contributed by atoms with van der Waals surface area (Å²) >= 11 is 0. The van der Waals surface area contributed by atoms with Gasteiger partial charge in [0.15, 0.2) is 0 Å². The van der Waals surface area contributed by atoms with Crippen LogP contribution >= 0.6 is 0 Å². The summed E-state index contributed by atoms with van der Waals surface area (Å²) in [5.41, 5.74) is 0. The molecule has 0 bridgehead atoms. The van der Waals surface area contributed by atoms with Crippen molar-refractivity contribution in [2.45, 2.75) is 97.7 Å². The molecule has 0 amide bonds. The maximum Gasteiger partial charge on any atom is 0.0598 e. The molecule has 136 valence electrons. The average Bonchev–Trinajstić information content (AvgIpc) is 2.46. The summed E-state index contributed by atoms with van der Waals surface area (Å²) in [4.78, 5) is 0. The van der Waals surface area contributed by atoms with E-state index in [0.29, 0.717) is 23.7 Å². The lowest BCUT2D eigenvalue weighted by atomic mass is 9.60. The van der Waals surface area contributed by atoms with Gasteiger partial charge in [-0.15, -0.1) is 0 Å². The summed E-state index contributed by atoms with van der Waals surface area (Å²) in [6.45, 7) is 9.22. The average molecular weight is 325 g/mol. The highest BCUT2D eigenvalue weighted by molar-refractivity contribution is 4.95. The van der Waals surface area contributed by atoms with Crippen molar-refractivity contribution in [3.8, 4) is 0 Å². The van der Waals surface area contributed by atoms with Crippen LogP contribution in [0, 0.1) is 35.5 Å². The smallest absolute Gasteiger partial charge is 0.0598 e. The predicted molar refractivity (Wildman–Crippen MR) is 97.2 cm³/mol. The fourth-order valence-corrected chi connectivity index (χ4v) is 5.56. The Morgan fingerprint density at radius 3 is 2.17 bits per heavy atom. The van der Waals surface area contributed by atoms with E-state index in [9.17, 15) is 10.2 Å². The molecule has 2 N–H and O–H groups in total. The fraction of sp³-hybridized carbons (Fsp3) is 1.00. The van der Waals surface area contributed by atoms with E-state index < -0.39 is 0 Å². The number of aliphatic hydroxyl groups excluding tert-OH is 2. The quantitative estimate of drug-likeness (QED) is 0.673. The van der Waals surface area contributed by atoms with E-state index in [4.69, 9.17) is 0 Å². The molecule has 2 aliphatic carbocycles. The van der Waals surface area contributed by atoms with Gasteiger partial charge in [0.25, 0.3) is 0 Å². The minimum atomic E-state index is -0.290. The van der Waals surface area contributed by atoms with Crippen LogP contribution in [0.15, 0.2) is 0 Å².